The molecule has 0 fully saturated rings. The third-order valence-electron chi connectivity index (χ3n) is 2.90. The van der Waals surface area contributed by atoms with E-state index in [4.69, 9.17) is 23.2 Å². The molecule has 2 aromatic rings. The van der Waals surface area contributed by atoms with Gasteiger partial charge in [0.05, 0.1) is 0 Å². The van der Waals surface area contributed by atoms with Crippen LogP contribution in [0.5, 0.6) is 0 Å². The summed E-state index contributed by atoms with van der Waals surface area (Å²) in [5, 5.41) is 1.06. The largest absolute Gasteiger partial charge is 0.237 e. The van der Waals surface area contributed by atoms with Crippen molar-refractivity contribution >= 4 is 23.2 Å². The Bertz CT molecular complexity index is 538. The van der Waals surface area contributed by atoms with Gasteiger partial charge >= 0.3 is 0 Å². The molecule has 0 aliphatic heterocycles. The average Bonchev–Trinajstić information content (AvgIpc) is 2.28. The van der Waals surface area contributed by atoms with Crippen LogP contribution in [0.2, 0.25) is 10.0 Å². The van der Waals surface area contributed by atoms with Gasteiger partial charge in [-0.15, -0.1) is 0 Å². The summed E-state index contributed by atoms with van der Waals surface area (Å²) >= 11 is 11.9. The van der Waals surface area contributed by atoms with E-state index in [9.17, 15) is 4.39 Å². The second-order valence-electron chi connectivity index (χ2n) is 4.39. The quantitative estimate of drug-likeness (QED) is 0.666. The van der Waals surface area contributed by atoms with E-state index in [0.29, 0.717) is 21.2 Å². The van der Waals surface area contributed by atoms with Crippen molar-refractivity contribution in [2.75, 3.05) is 0 Å². The zero-order chi connectivity index (χ0) is 13.3. The van der Waals surface area contributed by atoms with Crippen molar-refractivity contribution in [3.8, 4) is 0 Å². The summed E-state index contributed by atoms with van der Waals surface area (Å²) in [5.74, 6) is 0. The smallest absolute Gasteiger partial charge is 0.152 e. The van der Waals surface area contributed by atoms with Gasteiger partial charge in [0.2, 0.25) is 0 Å². The van der Waals surface area contributed by atoms with E-state index in [1.165, 1.54) is 0 Å². The second kappa shape index (κ2) is 5.29. The second-order valence-corrected chi connectivity index (χ2v) is 5.24. The number of rotatable bonds is 2. The fourth-order valence-corrected chi connectivity index (χ4v) is 2.59. The molecule has 2 rings (SSSR count). The molecule has 0 nitrogen and oxygen atoms in total. The SMILES string of the molecule is Cc1cc(C)c(C(F)c2ccc(Cl)cc2)c(Cl)c1. The first-order chi connectivity index (χ1) is 8.49. The fraction of sp³-hybridized carbons (Fsp3) is 0.200. The summed E-state index contributed by atoms with van der Waals surface area (Å²) in [6, 6.07) is 10.4. The molecule has 1 atom stereocenters. The van der Waals surface area contributed by atoms with E-state index in [2.05, 4.69) is 0 Å². The van der Waals surface area contributed by atoms with E-state index in [-0.39, 0.29) is 0 Å². The molecule has 0 aliphatic rings. The van der Waals surface area contributed by atoms with Gasteiger partial charge in [-0.25, -0.2) is 4.39 Å². The monoisotopic (exact) mass is 282 g/mol. The lowest BCUT2D eigenvalue weighted by Crippen LogP contribution is -1.99. The predicted octanol–water partition coefficient (Wildman–Crippen LogP) is 5.67. The molecule has 0 bridgehead atoms. The Morgan fingerprint density at radius 1 is 1.00 bits per heavy atom. The van der Waals surface area contributed by atoms with Gasteiger partial charge in [-0.3, -0.25) is 0 Å². The van der Waals surface area contributed by atoms with Crippen LogP contribution < -0.4 is 0 Å². The predicted molar refractivity (Wildman–Crippen MR) is 75.3 cm³/mol. The van der Waals surface area contributed by atoms with Gasteiger partial charge in [-0.2, -0.15) is 0 Å². The maximum Gasteiger partial charge on any atom is 0.152 e. The van der Waals surface area contributed by atoms with Gasteiger partial charge in [0, 0.05) is 15.6 Å². The number of hydrogen-bond donors (Lipinski definition) is 0. The number of alkyl halides is 1. The summed E-state index contributed by atoms with van der Waals surface area (Å²) < 4.78 is 14.5. The normalized spacial score (nSPS) is 12.5. The lowest BCUT2D eigenvalue weighted by Gasteiger charge is -2.15. The molecule has 0 heterocycles. The molecule has 1 unspecified atom stereocenters. The minimum atomic E-state index is -1.23. The van der Waals surface area contributed by atoms with Crippen LogP contribution in [0.4, 0.5) is 4.39 Å². The first-order valence-corrected chi connectivity index (χ1v) is 6.41. The van der Waals surface area contributed by atoms with Crippen molar-refractivity contribution in [3.63, 3.8) is 0 Å². The lowest BCUT2D eigenvalue weighted by atomic mass is 9.97. The van der Waals surface area contributed by atoms with Crippen LogP contribution in [0.25, 0.3) is 0 Å². The highest BCUT2D eigenvalue weighted by atomic mass is 35.5. The molecule has 2 aromatic carbocycles. The third-order valence-corrected chi connectivity index (χ3v) is 3.46. The highest BCUT2D eigenvalue weighted by Crippen LogP contribution is 2.35. The van der Waals surface area contributed by atoms with Crippen LogP contribution in [-0.4, -0.2) is 0 Å². The number of hydrogen-bond acceptors (Lipinski definition) is 0. The van der Waals surface area contributed by atoms with Crippen molar-refractivity contribution in [2.24, 2.45) is 0 Å². The fourth-order valence-electron chi connectivity index (χ4n) is 2.05. The summed E-state index contributed by atoms with van der Waals surface area (Å²) in [5.41, 5.74) is 2.99. The molecule has 0 N–H and O–H groups in total. The molecule has 3 heteroatoms. The maximum atomic E-state index is 14.5. The highest BCUT2D eigenvalue weighted by Gasteiger charge is 2.18. The Hall–Kier alpha value is -1.05. The van der Waals surface area contributed by atoms with Crippen LogP contribution >= 0.6 is 23.2 Å². The zero-order valence-electron chi connectivity index (χ0n) is 10.2. The van der Waals surface area contributed by atoms with E-state index < -0.39 is 6.17 Å². The standard InChI is InChI=1S/C15H13Cl2F/c1-9-7-10(2)14(13(17)8-9)15(18)11-3-5-12(16)6-4-11/h3-8,15H,1-2H3. The van der Waals surface area contributed by atoms with E-state index in [1.807, 2.05) is 19.9 Å². The summed E-state index contributed by atoms with van der Waals surface area (Å²) in [7, 11) is 0. The van der Waals surface area contributed by atoms with Crippen LogP contribution in [0.3, 0.4) is 0 Å². The van der Waals surface area contributed by atoms with Crippen molar-refractivity contribution in [1.82, 2.24) is 0 Å². The van der Waals surface area contributed by atoms with Crippen LogP contribution in [0, 0.1) is 13.8 Å². The molecule has 0 amide bonds. The summed E-state index contributed by atoms with van der Waals surface area (Å²) in [6.45, 7) is 3.81. The van der Waals surface area contributed by atoms with Crippen LogP contribution in [0.15, 0.2) is 36.4 Å². The molecule has 0 radical (unpaired) electrons. The van der Waals surface area contributed by atoms with Gasteiger partial charge in [0.1, 0.15) is 0 Å². The summed E-state index contributed by atoms with van der Waals surface area (Å²) in [6.07, 6.45) is -1.23. The first-order valence-electron chi connectivity index (χ1n) is 5.65. The highest BCUT2D eigenvalue weighted by molar-refractivity contribution is 6.31. The van der Waals surface area contributed by atoms with Crippen molar-refractivity contribution in [1.29, 1.82) is 0 Å². The number of benzene rings is 2. The van der Waals surface area contributed by atoms with Gasteiger partial charge < -0.3 is 0 Å². The number of halogens is 3. The van der Waals surface area contributed by atoms with E-state index in [0.717, 1.165) is 11.1 Å². The molecule has 0 saturated carbocycles. The Labute approximate surface area is 116 Å². The molecule has 0 spiro atoms. The molecule has 94 valence electrons. The zero-order valence-corrected chi connectivity index (χ0v) is 11.7. The molecule has 0 saturated heterocycles. The number of aryl methyl sites for hydroxylation is 2. The first kappa shape index (κ1) is 13.4. The molecule has 0 aliphatic carbocycles. The van der Waals surface area contributed by atoms with Crippen molar-refractivity contribution in [2.45, 2.75) is 20.0 Å². The van der Waals surface area contributed by atoms with Crippen LogP contribution in [0.1, 0.15) is 28.4 Å². The molecule has 0 aromatic heterocycles. The Kier molecular flexibility index (Phi) is 3.94. The minimum Gasteiger partial charge on any atom is -0.237 e. The van der Waals surface area contributed by atoms with Gasteiger partial charge in [0.15, 0.2) is 6.17 Å². The minimum absolute atomic E-state index is 0.468. The van der Waals surface area contributed by atoms with Gasteiger partial charge in [0.25, 0.3) is 0 Å². The van der Waals surface area contributed by atoms with Crippen molar-refractivity contribution < 1.29 is 4.39 Å². The van der Waals surface area contributed by atoms with Crippen molar-refractivity contribution in [3.05, 3.63) is 68.7 Å². The van der Waals surface area contributed by atoms with Gasteiger partial charge in [-0.1, -0.05) is 41.4 Å². The molecular weight excluding hydrogens is 270 g/mol. The Balaban J connectivity index is 2.46. The maximum absolute atomic E-state index is 14.5. The average molecular weight is 283 g/mol. The third kappa shape index (κ3) is 2.68. The lowest BCUT2D eigenvalue weighted by molar-refractivity contribution is 0.400. The molecular formula is C15H13Cl2F. The Morgan fingerprint density at radius 3 is 2.17 bits per heavy atom. The summed E-state index contributed by atoms with van der Waals surface area (Å²) in [4.78, 5) is 0. The van der Waals surface area contributed by atoms with Gasteiger partial charge in [-0.05, 0) is 48.7 Å². The Morgan fingerprint density at radius 2 is 1.61 bits per heavy atom. The topological polar surface area (TPSA) is 0 Å². The van der Waals surface area contributed by atoms with Crippen LogP contribution in [-0.2, 0) is 0 Å². The molecule has 18 heavy (non-hydrogen) atoms. The van der Waals surface area contributed by atoms with E-state index >= 15 is 0 Å². The van der Waals surface area contributed by atoms with E-state index in [1.54, 1.807) is 30.3 Å².